The van der Waals surface area contributed by atoms with Crippen molar-refractivity contribution >= 4 is 11.7 Å². The molecule has 0 aliphatic carbocycles. The Hall–Kier alpha value is -2.44. The summed E-state index contributed by atoms with van der Waals surface area (Å²) in [6.45, 7) is 9.04. The number of hydrogen-bond acceptors (Lipinski definition) is 6. The van der Waals surface area contributed by atoms with Crippen molar-refractivity contribution in [2.75, 3.05) is 31.1 Å². The molecule has 126 valence electrons. The molecule has 0 bridgehead atoms. The van der Waals surface area contributed by atoms with Crippen LogP contribution in [0.15, 0.2) is 16.9 Å². The molecule has 2 aromatic heterocycles. The summed E-state index contributed by atoms with van der Waals surface area (Å²) >= 11 is 0. The smallest absolute Gasteiger partial charge is 0.259 e. The molecule has 24 heavy (non-hydrogen) atoms. The van der Waals surface area contributed by atoms with Gasteiger partial charge in [0.25, 0.3) is 5.91 Å². The summed E-state index contributed by atoms with van der Waals surface area (Å²) in [5.41, 5.74) is 2.28. The van der Waals surface area contributed by atoms with Crippen LogP contribution in [0.2, 0.25) is 0 Å². The normalized spacial score (nSPS) is 23.0. The van der Waals surface area contributed by atoms with E-state index in [9.17, 15) is 4.79 Å². The fraction of sp³-hybridized carbons (Fsp3) is 0.529. The molecular weight excluding hydrogens is 306 g/mol. The number of nitrogens with zero attached hydrogens (tertiary/aromatic N) is 5. The van der Waals surface area contributed by atoms with E-state index in [0.717, 1.165) is 37.7 Å². The van der Waals surface area contributed by atoms with Crippen LogP contribution in [0, 0.1) is 32.6 Å². The first-order chi connectivity index (χ1) is 11.5. The Morgan fingerprint density at radius 2 is 1.83 bits per heavy atom. The second-order valence-electron chi connectivity index (χ2n) is 6.85. The van der Waals surface area contributed by atoms with Crippen LogP contribution in [-0.4, -0.2) is 52.1 Å². The molecule has 7 nitrogen and oxygen atoms in total. The molecule has 0 saturated carbocycles. The fourth-order valence-corrected chi connectivity index (χ4v) is 3.91. The summed E-state index contributed by atoms with van der Waals surface area (Å²) < 4.78 is 5.14. The maximum Gasteiger partial charge on any atom is 0.259 e. The van der Waals surface area contributed by atoms with Crippen molar-refractivity contribution < 1.29 is 9.32 Å². The van der Waals surface area contributed by atoms with Crippen LogP contribution in [0.1, 0.15) is 27.5 Å². The Labute approximate surface area is 140 Å². The second-order valence-corrected chi connectivity index (χ2v) is 6.85. The average Bonchev–Trinajstić information content (AvgIpc) is 3.20. The number of carbonyl (C=O) groups is 1. The third kappa shape index (κ3) is 2.44. The molecule has 2 unspecified atom stereocenters. The minimum atomic E-state index is 0.0464. The maximum absolute atomic E-state index is 12.8. The molecule has 2 aliphatic heterocycles. The number of hydrogen-bond donors (Lipinski definition) is 0. The summed E-state index contributed by atoms with van der Waals surface area (Å²) in [4.78, 5) is 25.6. The van der Waals surface area contributed by atoms with Gasteiger partial charge in [-0.25, -0.2) is 9.97 Å². The van der Waals surface area contributed by atoms with Crippen LogP contribution >= 0.6 is 0 Å². The van der Waals surface area contributed by atoms with E-state index >= 15 is 0 Å². The number of aryl methyl sites for hydroxylation is 3. The highest BCUT2D eigenvalue weighted by molar-refractivity contribution is 5.96. The summed E-state index contributed by atoms with van der Waals surface area (Å²) in [5, 5.41) is 3.90. The van der Waals surface area contributed by atoms with Crippen molar-refractivity contribution in [3.05, 3.63) is 35.1 Å². The molecule has 0 aromatic carbocycles. The molecule has 7 heteroatoms. The molecular formula is C17H21N5O2. The van der Waals surface area contributed by atoms with Crippen LogP contribution in [-0.2, 0) is 0 Å². The first-order valence-electron chi connectivity index (χ1n) is 8.28. The van der Waals surface area contributed by atoms with E-state index in [2.05, 4.69) is 20.0 Å². The number of carbonyl (C=O) groups excluding carboxylic acids is 1. The predicted molar refractivity (Wildman–Crippen MR) is 87.8 cm³/mol. The lowest BCUT2D eigenvalue weighted by Gasteiger charge is -2.22. The summed E-state index contributed by atoms with van der Waals surface area (Å²) in [6, 6.07) is 2.02. The van der Waals surface area contributed by atoms with E-state index in [1.165, 1.54) is 0 Å². The summed E-state index contributed by atoms with van der Waals surface area (Å²) in [5.74, 6) is 2.62. The average molecular weight is 327 g/mol. The zero-order chi connectivity index (χ0) is 16.8. The van der Waals surface area contributed by atoms with Gasteiger partial charge in [-0.3, -0.25) is 4.79 Å². The quantitative estimate of drug-likeness (QED) is 0.834. The minimum absolute atomic E-state index is 0.0464. The lowest BCUT2D eigenvalue weighted by molar-refractivity contribution is 0.0780. The van der Waals surface area contributed by atoms with Crippen molar-refractivity contribution in [1.82, 2.24) is 20.0 Å². The van der Waals surface area contributed by atoms with Crippen molar-refractivity contribution in [1.29, 1.82) is 0 Å². The SMILES string of the molecule is Cc1cc(N2CC3CN(C(=O)c4c(C)noc4C)CC3C2)ncn1. The van der Waals surface area contributed by atoms with Crippen molar-refractivity contribution in [3.8, 4) is 0 Å². The Morgan fingerprint density at radius 1 is 1.12 bits per heavy atom. The molecule has 2 saturated heterocycles. The molecule has 0 radical (unpaired) electrons. The largest absolute Gasteiger partial charge is 0.361 e. The monoisotopic (exact) mass is 327 g/mol. The number of rotatable bonds is 2. The van der Waals surface area contributed by atoms with Crippen molar-refractivity contribution in [2.45, 2.75) is 20.8 Å². The number of amides is 1. The van der Waals surface area contributed by atoms with Crippen LogP contribution in [0.5, 0.6) is 0 Å². The van der Waals surface area contributed by atoms with Crippen molar-refractivity contribution in [2.24, 2.45) is 11.8 Å². The van der Waals surface area contributed by atoms with Gasteiger partial charge in [0, 0.05) is 49.8 Å². The summed E-state index contributed by atoms with van der Waals surface area (Å²) in [6.07, 6.45) is 1.62. The van der Waals surface area contributed by atoms with Crippen LogP contribution in [0.4, 0.5) is 5.82 Å². The predicted octanol–water partition coefficient (Wildman–Crippen LogP) is 1.60. The van der Waals surface area contributed by atoms with Crippen LogP contribution in [0.25, 0.3) is 0 Å². The number of fused-ring (bicyclic) bond motifs is 1. The van der Waals surface area contributed by atoms with Gasteiger partial charge < -0.3 is 14.3 Å². The molecule has 0 spiro atoms. The first-order valence-corrected chi connectivity index (χ1v) is 8.28. The zero-order valence-corrected chi connectivity index (χ0v) is 14.2. The Bertz CT molecular complexity index is 754. The molecule has 1 amide bonds. The van der Waals surface area contributed by atoms with Gasteiger partial charge in [-0.05, 0) is 20.8 Å². The highest BCUT2D eigenvalue weighted by Gasteiger charge is 2.42. The Kier molecular flexibility index (Phi) is 3.51. The third-order valence-electron chi connectivity index (χ3n) is 5.13. The topological polar surface area (TPSA) is 75.4 Å². The van der Waals surface area contributed by atoms with Crippen LogP contribution in [0.3, 0.4) is 0 Å². The molecule has 4 heterocycles. The summed E-state index contributed by atoms with van der Waals surface area (Å²) in [7, 11) is 0. The molecule has 4 rings (SSSR count). The minimum Gasteiger partial charge on any atom is -0.361 e. The Morgan fingerprint density at radius 3 is 2.42 bits per heavy atom. The van der Waals surface area contributed by atoms with E-state index in [4.69, 9.17) is 4.52 Å². The van der Waals surface area contributed by atoms with Crippen molar-refractivity contribution in [3.63, 3.8) is 0 Å². The second kappa shape index (κ2) is 5.58. The van der Waals surface area contributed by atoms with Gasteiger partial charge in [-0.2, -0.15) is 0 Å². The lowest BCUT2D eigenvalue weighted by atomic mass is 10.0. The maximum atomic E-state index is 12.8. The van der Waals surface area contributed by atoms with E-state index in [1.54, 1.807) is 13.3 Å². The standard InChI is InChI=1S/C17H21N5O2/c1-10-4-15(19-9-18-10)21-5-13-7-22(8-14(13)6-21)17(23)16-11(2)20-24-12(16)3/h4,9,13-14H,5-8H2,1-3H3. The van der Waals surface area contributed by atoms with Gasteiger partial charge in [0.1, 0.15) is 23.5 Å². The van der Waals surface area contributed by atoms with Gasteiger partial charge in [-0.1, -0.05) is 5.16 Å². The van der Waals surface area contributed by atoms with Gasteiger partial charge in [-0.15, -0.1) is 0 Å². The molecule has 2 aliphatic rings. The number of aromatic nitrogens is 3. The number of likely N-dealkylation sites (tertiary alicyclic amines) is 1. The third-order valence-corrected chi connectivity index (χ3v) is 5.13. The molecule has 2 fully saturated rings. The van der Waals surface area contributed by atoms with Gasteiger partial charge in [0.05, 0.1) is 5.69 Å². The first kappa shape index (κ1) is 15.1. The van der Waals surface area contributed by atoms with E-state index < -0.39 is 0 Å². The van der Waals surface area contributed by atoms with Crippen LogP contribution < -0.4 is 4.90 Å². The van der Waals surface area contributed by atoms with E-state index in [0.29, 0.717) is 28.9 Å². The molecule has 0 N–H and O–H groups in total. The molecule has 2 atom stereocenters. The highest BCUT2D eigenvalue weighted by Crippen LogP contribution is 2.34. The Balaban J connectivity index is 1.46. The van der Waals surface area contributed by atoms with Gasteiger partial charge in [0.15, 0.2) is 0 Å². The highest BCUT2D eigenvalue weighted by atomic mass is 16.5. The van der Waals surface area contributed by atoms with E-state index in [1.807, 2.05) is 24.8 Å². The lowest BCUT2D eigenvalue weighted by Crippen LogP contribution is -2.34. The number of anilines is 1. The van der Waals surface area contributed by atoms with E-state index in [-0.39, 0.29) is 5.91 Å². The van der Waals surface area contributed by atoms with Gasteiger partial charge >= 0.3 is 0 Å². The molecule has 2 aromatic rings. The zero-order valence-electron chi connectivity index (χ0n) is 14.2. The fourth-order valence-electron chi connectivity index (χ4n) is 3.91. The van der Waals surface area contributed by atoms with Gasteiger partial charge in [0.2, 0.25) is 0 Å².